The molecule has 0 aliphatic heterocycles. The summed E-state index contributed by atoms with van der Waals surface area (Å²) >= 11 is 0.399. The van der Waals surface area contributed by atoms with Crippen molar-refractivity contribution in [2.24, 2.45) is 0 Å². The van der Waals surface area contributed by atoms with Crippen molar-refractivity contribution in [1.29, 1.82) is 0 Å². The first-order chi connectivity index (χ1) is 4.45. The van der Waals surface area contributed by atoms with Crippen LogP contribution in [0.3, 0.4) is 0 Å². The molecule has 0 aromatic rings. The summed E-state index contributed by atoms with van der Waals surface area (Å²) in [5.41, 5.74) is 0. The zero-order valence-electron chi connectivity index (χ0n) is 5.36. The van der Waals surface area contributed by atoms with Gasteiger partial charge in [0.1, 0.15) is 0 Å². The third-order valence-corrected chi connectivity index (χ3v) is 2.46. The number of carbonyl (C=O) groups excluding carboxylic acids is 1. The fourth-order valence-corrected chi connectivity index (χ4v) is 1.76. The van der Waals surface area contributed by atoms with Gasteiger partial charge in [-0.25, -0.2) is 0 Å². The summed E-state index contributed by atoms with van der Waals surface area (Å²) in [6, 6.07) is 0. The van der Waals surface area contributed by atoms with Crippen molar-refractivity contribution in [3.05, 3.63) is 0 Å². The maximum absolute atomic E-state index is 10.5. The molecule has 0 rings (SSSR count). The fourth-order valence-electron chi connectivity index (χ4n) is 0.347. The molecule has 0 aromatic heterocycles. The third kappa shape index (κ3) is 6.39. The van der Waals surface area contributed by atoms with Crippen LogP contribution in [0.4, 0.5) is 0 Å². The molecule has 60 valence electrons. The first-order valence-corrected chi connectivity index (χ1v) is 7.72. The maximum atomic E-state index is 10.5. The van der Waals surface area contributed by atoms with E-state index in [1.165, 1.54) is 0 Å². The third-order valence-electron chi connectivity index (χ3n) is 0.600. The minimum absolute atomic E-state index is 0.226. The average molecular weight is 335 g/mol. The number of hydrogen-bond acceptors (Lipinski definition) is 4. The van der Waals surface area contributed by atoms with Gasteiger partial charge in [-0.3, -0.25) is 0 Å². The molecule has 0 N–H and O–H groups in total. The molecule has 0 heterocycles. The molecule has 0 saturated heterocycles. The number of hydrogen-bond donors (Lipinski definition) is 0. The van der Waals surface area contributed by atoms with Gasteiger partial charge in [0.15, 0.2) is 0 Å². The summed E-state index contributed by atoms with van der Waals surface area (Å²) in [5.74, 6) is -1.16. The van der Waals surface area contributed by atoms with Gasteiger partial charge in [0.05, 0.1) is 0 Å². The topological polar surface area (TPSA) is 66.4 Å². The molecule has 0 fully saturated rings. The summed E-state index contributed by atoms with van der Waals surface area (Å²) in [7, 11) is -3.14. The molecule has 0 aromatic carbocycles. The number of carbonyl (C=O) groups is 1. The Morgan fingerprint density at radius 3 is 2.60 bits per heavy atom. The second kappa shape index (κ2) is 4.21. The van der Waals surface area contributed by atoms with Crippen molar-refractivity contribution in [3.8, 4) is 0 Å². The van der Waals surface area contributed by atoms with Crippen LogP contribution < -0.4 is 0 Å². The van der Waals surface area contributed by atoms with Gasteiger partial charge in [-0.15, -0.1) is 0 Å². The van der Waals surface area contributed by atoms with E-state index in [1.54, 1.807) is 6.92 Å². The first kappa shape index (κ1) is 10.3. The Morgan fingerprint density at radius 2 is 2.30 bits per heavy atom. The molecule has 1 unspecified atom stereocenters. The molecule has 4 nitrogen and oxygen atoms in total. The van der Waals surface area contributed by atoms with E-state index in [4.69, 9.17) is 0 Å². The van der Waals surface area contributed by atoms with Crippen LogP contribution in [0.2, 0.25) is 0 Å². The van der Waals surface area contributed by atoms with E-state index < -0.39 is 19.1 Å². The summed E-state index contributed by atoms with van der Waals surface area (Å²) < 4.78 is 25.3. The Bertz CT molecular complexity index is 207. The van der Waals surface area contributed by atoms with E-state index in [9.17, 15) is 13.6 Å². The van der Waals surface area contributed by atoms with Gasteiger partial charge < -0.3 is 0 Å². The molecule has 10 heavy (non-hydrogen) atoms. The van der Waals surface area contributed by atoms with E-state index in [2.05, 4.69) is 4.74 Å². The van der Waals surface area contributed by atoms with Crippen LogP contribution in [0.25, 0.3) is 0 Å². The predicted molar refractivity (Wildman–Crippen MR) is 30.4 cm³/mol. The van der Waals surface area contributed by atoms with Crippen LogP contribution in [0.5, 0.6) is 0 Å². The standard InChI is InChI=1S/C4H8O4S.W/c1-2-8-4(5)3-9(6)7;/h2-3H2,1H3,(H,6,7);/p-1. The molecule has 0 aliphatic carbocycles. The van der Waals surface area contributed by atoms with E-state index in [0.29, 0.717) is 18.0 Å². The quantitative estimate of drug-likeness (QED) is 0.648. The Balaban J connectivity index is 3.82. The van der Waals surface area contributed by atoms with Crippen LogP contribution in [0.1, 0.15) is 6.92 Å². The van der Waals surface area contributed by atoms with Crippen molar-refractivity contribution in [3.63, 3.8) is 0 Å². The van der Waals surface area contributed by atoms with Crippen molar-refractivity contribution in [2.45, 2.75) is 6.92 Å². The van der Waals surface area contributed by atoms with E-state index >= 15 is 0 Å². The van der Waals surface area contributed by atoms with Gasteiger partial charge in [0.25, 0.3) is 0 Å². The Kier molecular flexibility index (Phi) is 4.32. The summed E-state index contributed by atoms with van der Waals surface area (Å²) in [4.78, 5) is 10.5. The molecule has 0 radical (unpaired) electrons. The average Bonchev–Trinajstić information content (AvgIpc) is 1.59. The van der Waals surface area contributed by atoms with Gasteiger partial charge in [0, 0.05) is 0 Å². The summed E-state index contributed by atoms with van der Waals surface area (Å²) in [6.07, 6.45) is 0. The van der Waals surface area contributed by atoms with Crippen molar-refractivity contribution in [1.82, 2.24) is 0 Å². The number of rotatable bonds is 3. The van der Waals surface area contributed by atoms with Crippen LogP contribution >= 0.6 is 0 Å². The zero-order chi connectivity index (χ0) is 8.20. The van der Waals surface area contributed by atoms with Crippen LogP contribution in [-0.2, 0) is 34.9 Å². The minimum atomic E-state index is -3.14. The van der Waals surface area contributed by atoms with Crippen LogP contribution in [0.15, 0.2) is 0 Å². The molecular weight excluding hydrogens is 328 g/mol. The van der Waals surface area contributed by atoms with Crippen LogP contribution in [0, 0.1) is 0 Å². The SMILES string of the molecule is CCOC(=O)C[S](=O)([O-])=[W]. The second-order valence-electron chi connectivity index (χ2n) is 1.51. The van der Waals surface area contributed by atoms with Crippen molar-refractivity contribution in [2.75, 3.05) is 12.4 Å². The van der Waals surface area contributed by atoms with E-state index in [0.717, 1.165) is 0 Å². The van der Waals surface area contributed by atoms with Gasteiger partial charge in [-0.1, -0.05) is 0 Å². The molecule has 1 atom stereocenters. The van der Waals surface area contributed by atoms with Gasteiger partial charge in [-0.2, -0.15) is 0 Å². The zero-order valence-corrected chi connectivity index (χ0v) is 9.11. The van der Waals surface area contributed by atoms with Crippen LogP contribution in [-0.4, -0.2) is 27.1 Å². The molecule has 6 heteroatoms. The van der Waals surface area contributed by atoms with Gasteiger partial charge in [-0.05, 0) is 0 Å². The van der Waals surface area contributed by atoms with E-state index in [-0.39, 0.29) is 6.61 Å². The fraction of sp³-hybridized carbons (Fsp3) is 0.750. The molecule has 0 spiro atoms. The number of ether oxygens (including phenoxy) is 1. The van der Waals surface area contributed by atoms with Gasteiger partial charge >= 0.3 is 68.9 Å². The Hall–Kier alpha value is 0.268. The Morgan fingerprint density at radius 1 is 1.80 bits per heavy atom. The monoisotopic (exact) mass is 335 g/mol. The molecule has 0 amide bonds. The number of esters is 1. The normalized spacial score (nSPS) is 15.8. The molecule has 0 bridgehead atoms. The predicted octanol–water partition coefficient (Wildman–Crippen LogP) is -0.574. The first-order valence-electron chi connectivity index (χ1n) is 2.55. The van der Waals surface area contributed by atoms with Crippen molar-refractivity contribution < 1.29 is 36.3 Å². The summed E-state index contributed by atoms with van der Waals surface area (Å²) in [5, 5.41) is 0. The Labute approximate surface area is 69.1 Å². The molecule has 0 saturated carbocycles. The summed E-state index contributed by atoms with van der Waals surface area (Å²) in [6.45, 7) is 1.86. The van der Waals surface area contributed by atoms with Crippen molar-refractivity contribution >= 4 is 13.4 Å². The van der Waals surface area contributed by atoms with Gasteiger partial charge in [0.2, 0.25) is 0 Å². The second-order valence-corrected chi connectivity index (χ2v) is 8.38. The van der Waals surface area contributed by atoms with E-state index in [1.807, 2.05) is 0 Å². The molecular formula is C4H7O4SW-. The molecule has 0 aliphatic rings.